The van der Waals surface area contributed by atoms with E-state index in [0.717, 1.165) is 57.8 Å². The molecule has 6 nitrogen and oxygen atoms in total. The van der Waals surface area contributed by atoms with E-state index < -0.39 is 0 Å². The van der Waals surface area contributed by atoms with Crippen LogP contribution >= 0.6 is 11.3 Å². The Labute approximate surface area is 235 Å². The van der Waals surface area contributed by atoms with Gasteiger partial charge in [0.05, 0.1) is 19.2 Å². The molecule has 0 unspecified atom stereocenters. The van der Waals surface area contributed by atoms with Crippen molar-refractivity contribution in [3.63, 3.8) is 0 Å². The van der Waals surface area contributed by atoms with Gasteiger partial charge in [0.1, 0.15) is 12.0 Å². The van der Waals surface area contributed by atoms with Gasteiger partial charge < -0.3 is 15.0 Å². The number of likely N-dealkylation sites (N-methyl/N-ethyl adjacent to an activating group) is 1. The highest BCUT2D eigenvalue weighted by atomic mass is 32.1. The number of benzene rings is 3. The molecular formula is C32H37N3O3S. The number of aromatic nitrogens is 1. The van der Waals surface area contributed by atoms with Crippen LogP contribution in [0, 0.1) is 13.8 Å². The molecule has 2 heterocycles. The van der Waals surface area contributed by atoms with Crippen LogP contribution in [-0.4, -0.2) is 37.9 Å². The number of aryl methyl sites for hydroxylation is 2. The quantitative estimate of drug-likeness (QED) is 0.262. The molecule has 1 N–H and O–H groups in total. The number of fused-ring (bicyclic) bond motifs is 1. The monoisotopic (exact) mass is 543 g/mol. The third-order valence-electron chi connectivity index (χ3n) is 6.34. The number of hydrogen-bond acceptors (Lipinski definition) is 6. The predicted molar refractivity (Wildman–Crippen MR) is 163 cm³/mol. The van der Waals surface area contributed by atoms with Crippen molar-refractivity contribution in [2.24, 2.45) is 0 Å². The van der Waals surface area contributed by atoms with E-state index in [-0.39, 0.29) is 12.3 Å². The van der Waals surface area contributed by atoms with Gasteiger partial charge in [-0.1, -0.05) is 56.3 Å². The largest absolute Gasteiger partial charge is 0.497 e. The Balaban J connectivity index is 0.000000322. The molecule has 1 aliphatic rings. The van der Waals surface area contributed by atoms with Crippen molar-refractivity contribution in [2.45, 2.75) is 40.5 Å². The number of nitrogens with zero attached hydrogens (tertiary/aromatic N) is 2. The molecule has 4 aromatic rings. The van der Waals surface area contributed by atoms with Crippen molar-refractivity contribution < 1.29 is 14.3 Å². The van der Waals surface area contributed by atoms with Gasteiger partial charge in [0.2, 0.25) is 5.91 Å². The van der Waals surface area contributed by atoms with Crippen LogP contribution in [0.2, 0.25) is 0 Å². The minimum Gasteiger partial charge on any atom is -0.497 e. The molecule has 0 atom stereocenters. The van der Waals surface area contributed by atoms with E-state index >= 15 is 0 Å². The maximum Gasteiger partial charge on any atom is 0.230 e. The molecule has 5 rings (SSSR count). The van der Waals surface area contributed by atoms with E-state index in [2.05, 4.69) is 40.4 Å². The number of nitrogens with one attached hydrogen (secondary N) is 1. The SMILES string of the molecule is CC.COc1cccc(CC(=O)Nc2nc(-c3ccc4c(c3)CCN4C)c(C)s2)c1.Cc1ccccc1C=O. The first-order valence-corrected chi connectivity index (χ1v) is 13.9. The molecule has 1 amide bonds. The summed E-state index contributed by atoms with van der Waals surface area (Å²) in [6.45, 7) is 9.02. The fourth-order valence-corrected chi connectivity index (χ4v) is 5.13. The molecule has 39 heavy (non-hydrogen) atoms. The number of amides is 1. The summed E-state index contributed by atoms with van der Waals surface area (Å²) < 4.78 is 5.22. The van der Waals surface area contributed by atoms with Gasteiger partial charge in [-0.05, 0) is 61.2 Å². The Morgan fingerprint density at radius 1 is 1.08 bits per heavy atom. The fraction of sp³-hybridized carbons (Fsp3) is 0.281. The Kier molecular flexibility index (Phi) is 10.8. The summed E-state index contributed by atoms with van der Waals surface area (Å²) in [7, 11) is 3.74. The van der Waals surface area contributed by atoms with Crippen molar-refractivity contribution in [1.29, 1.82) is 0 Å². The van der Waals surface area contributed by atoms with Gasteiger partial charge in [-0.15, -0.1) is 11.3 Å². The highest BCUT2D eigenvalue weighted by molar-refractivity contribution is 7.16. The third kappa shape index (κ3) is 7.77. The molecule has 3 aromatic carbocycles. The second-order valence-corrected chi connectivity index (χ2v) is 10.2. The smallest absolute Gasteiger partial charge is 0.230 e. The lowest BCUT2D eigenvalue weighted by atomic mass is 10.1. The minimum absolute atomic E-state index is 0.0795. The molecule has 0 fully saturated rings. The van der Waals surface area contributed by atoms with E-state index in [9.17, 15) is 9.59 Å². The number of thiazole rings is 1. The summed E-state index contributed by atoms with van der Waals surface area (Å²) in [5.41, 5.74) is 7.42. The summed E-state index contributed by atoms with van der Waals surface area (Å²) in [4.78, 5) is 30.7. The molecule has 0 saturated heterocycles. The van der Waals surface area contributed by atoms with Crippen molar-refractivity contribution in [3.8, 4) is 17.0 Å². The molecule has 0 aliphatic carbocycles. The molecule has 1 aliphatic heterocycles. The number of ether oxygens (including phenoxy) is 1. The van der Waals surface area contributed by atoms with Crippen LogP contribution in [0.5, 0.6) is 5.75 Å². The predicted octanol–water partition coefficient (Wildman–Crippen LogP) is 7.13. The Morgan fingerprint density at radius 3 is 2.54 bits per heavy atom. The van der Waals surface area contributed by atoms with Gasteiger partial charge in [-0.3, -0.25) is 9.59 Å². The molecule has 0 spiro atoms. The molecular weight excluding hydrogens is 506 g/mol. The lowest BCUT2D eigenvalue weighted by molar-refractivity contribution is -0.115. The molecule has 7 heteroatoms. The number of carbonyl (C=O) groups is 2. The zero-order chi connectivity index (χ0) is 28.4. The van der Waals surface area contributed by atoms with Crippen LogP contribution < -0.4 is 15.0 Å². The molecule has 0 saturated carbocycles. The van der Waals surface area contributed by atoms with E-state index in [4.69, 9.17) is 4.74 Å². The van der Waals surface area contributed by atoms with E-state index in [1.54, 1.807) is 7.11 Å². The first kappa shape index (κ1) is 29.6. The second kappa shape index (κ2) is 14.3. The molecule has 204 valence electrons. The lowest BCUT2D eigenvalue weighted by Gasteiger charge is -2.11. The molecule has 0 bridgehead atoms. The standard InChI is InChI=1S/C22H23N3O2S.C8H8O.C2H6/c1-14-21(17-7-8-19-16(13-17)9-10-25(19)2)24-22(28-14)23-20(26)12-15-5-4-6-18(11-15)27-3;1-7-4-2-3-5-8(7)6-9;1-2/h4-8,11,13H,9-10,12H2,1-3H3,(H,23,24,26);2-6H,1H3;1-2H3. The number of aldehydes is 1. The van der Waals surface area contributed by atoms with Crippen LogP contribution in [0.3, 0.4) is 0 Å². The fourth-order valence-electron chi connectivity index (χ4n) is 4.28. The summed E-state index contributed by atoms with van der Waals surface area (Å²) >= 11 is 1.51. The highest BCUT2D eigenvalue weighted by Crippen LogP contribution is 2.35. The Bertz CT molecular complexity index is 1410. The van der Waals surface area contributed by atoms with Crippen LogP contribution in [0.15, 0.2) is 66.7 Å². The summed E-state index contributed by atoms with van der Waals surface area (Å²) in [5.74, 6) is 0.670. The summed E-state index contributed by atoms with van der Waals surface area (Å²) in [6.07, 6.45) is 2.22. The van der Waals surface area contributed by atoms with Gasteiger partial charge in [0.25, 0.3) is 0 Å². The van der Waals surface area contributed by atoms with E-state index in [1.165, 1.54) is 22.6 Å². The minimum atomic E-state index is -0.0795. The number of hydrogen-bond donors (Lipinski definition) is 1. The van der Waals surface area contributed by atoms with Crippen molar-refractivity contribution >= 4 is 34.3 Å². The number of rotatable bonds is 6. The van der Waals surface area contributed by atoms with E-state index in [1.807, 2.05) is 76.2 Å². The third-order valence-corrected chi connectivity index (χ3v) is 7.22. The van der Waals surface area contributed by atoms with Gasteiger partial charge in [-0.25, -0.2) is 4.98 Å². The average Bonchev–Trinajstić information content (AvgIpc) is 3.51. The van der Waals surface area contributed by atoms with Gasteiger partial charge in [0.15, 0.2) is 5.13 Å². The average molecular weight is 544 g/mol. The van der Waals surface area contributed by atoms with Gasteiger partial charge in [0, 0.05) is 35.3 Å². The van der Waals surface area contributed by atoms with Crippen LogP contribution in [0.4, 0.5) is 10.8 Å². The first-order valence-electron chi connectivity index (χ1n) is 13.1. The summed E-state index contributed by atoms with van der Waals surface area (Å²) in [6, 6.07) is 21.6. The van der Waals surface area contributed by atoms with Crippen LogP contribution in [-0.2, 0) is 17.6 Å². The maximum absolute atomic E-state index is 12.4. The van der Waals surface area contributed by atoms with E-state index in [0.29, 0.717) is 5.13 Å². The number of anilines is 2. The van der Waals surface area contributed by atoms with Crippen molar-refractivity contribution in [3.05, 3.63) is 93.9 Å². The van der Waals surface area contributed by atoms with Crippen LogP contribution in [0.25, 0.3) is 11.3 Å². The van der Waals surface area contributed by atoms with Crippen molar-refractivity contribution in [2.75, 3.05) is 30.9 Å². The summed E-state index contributed by atoms with van der Waals surface area (Å²) in [5, 5.41) is 3.57. The first-order chi connectivity index (χ1) is 18.9. The second-order valence-electron chi connectivity index (χ2n) is 8.99. The zero-order valence-corrected chi connectivity index (χ0v) is 24.4. The van der Waals surface area contributed by atoms with Crippen LogP contribution in [0.1, 0.15) is 45.8 Å². The Morgan fingerprint density at radius 2 is 1.85 bits per heavy atom. The maximum atomic E-state index is 12.4. The number of methoxy groups -OCH3 is 1. The molecule has 1 aromatic heterocycles. The molecule has 0 radical (unpaired) electrons. The normalized spacial score (nSPS) is 11.4. The highest BCUT2D eigenvalue weighted by Gasteiger charge is 2.18. The number of carbonyl (C=O) groups excluding carboxylic acids is 2. The van der Waals surface area contributed by atoms with Gasteiger partial charge in [-0.2, -0.15) is 0 Å². The Hall–Kier alpha value is -3.97. The van der Waals surface area contributed by atoms with Crippen molar-refractivity contribution in [1.82, 2.24) is 4.98 Å². The topological polar surface area (TPSA) is 71.5 Å². The zero-order valence-electron chi connectivity index (χ0n) is 23.6. The lowest BCUT2D eigenvalue weighted by Crippen LogP contribution is -2.14. The van der Waals surface area contributed by atoms with Gasteiger partial charge >= 0.3 is 0 Å².